The maximum atomic E-state index is 11.6. The summed E-state index contributed by atoms with van der Waals surface area (Å²) in [5.74, 6) is -0.299. The second kappa shape index (κ2) is 3.50. The van der Waals surface area contributed by atoms with Crippen LogP contribution in [0, 0.1) is 6.92 Å². The third-order valence-electron chi connectivity index (χ3n) is 2.65. The number of aryl methyl sites for hydroxylation is 2. The van der Waals surface area contributed by atoms with Crippen molar-refractivity contribution in [2.45, 2.75) is 26.7 Å². The third kappa shape index (κ3) is 1.65. The molecule has 2 rings (SSSR count). The molecule has 78 valence electrons. The molecular formula is C12H13NO2. The normalized spacial score (nSPS) is 15.1. The number of anilines is 1. The van der Waals surface area contributed by atoms with Gasteiger partial charge in [-0.1, -0.05) is 12.1 Å². The summed E-state index contributed by atoms with van der Waals surface area (Å²) >= 11 is 0. The van der Waals surface area contributed by atoms with Crippen LogP contribution in [0.25, 0.3) is 0 Å². The fourth-order valence-corrected chi connectivity index (χ4v) is 1.93. The number of rotatable bonds is 0. The van der Waals surface area contributed by atoms with E-state index in [0.29, 0.717) is 6.42 Å². The Bertz CT molecular complexity index is 437. The Kier molecular flexibility index (Phi) is 2.31. The molecule has 1 aromatic rings. The van der Waals surface area contributed by atoms with Gasteiger partial charge in [0, 0.05) is 13.3 Å². The Hall–Kier alpha value is -1.64. The molecule has 1 heterocycles. The topological polar surface area (TPSA) is 37.4 Å². The maximum absolute atomic E-state index is 11.6. The number of carbonyl (C=O) groups excluding carboxylic acids is 2. The Morgan fingerprint density at radius 2 is 2.07 bits per heavy atom. The average molecular weight is 203 g/mol. The van der Waals surface area contributed by atoms with Gasteiger partial charge < -0.3 is 0 Å². The van der Waals surface area contributed by atoms with E-state index in [2.05, 4.69) is 0 Å². The van der Waals surface area contributed by atoms with Gasteiger partial charge in [0.2, 0.25) is 11.8 Å². The molecule has 0 spiro atoms. The third-order valence-corrected chi connectivity index (χ3v) is 2.65. The van der Waals surface area contributed by atoms with E-state index in [1.165, 1.54) is 11.8 Å². The van der Waals surface area contributed by atoms with Crippen LogP contribution in [0.15, 0.2) is 18.2 Å². The van der Waals surface area contributed by atoms with Gasteiger partial charge in [-0.15, -0.1) is 0 Å². The van der Waals surface area contributed by atoms with E-state index in [-0.39, 0.29) is 11.8 Å². The summed E-state index contributed by atoms with van der Waals surface area (Å²) in [6.45, 7) is 3.38. The Balaban J connectivity index is 2.55. The van der Waals surface area contributed by atoms with Crippen molar-refractivity contribution in [2.75, 3.05) is 4.90 Å². The molecule has 0 N–H and O–H groups in total. The summed E-state index contributed by atoms with van der Waals surface area (Å²) in [6, 6.07) is 5.90. The predicted molar refractivity (Wildman–Crippen MR) is 57.7 cm³/mol. The Morgan fingerprint density at radius 3 is 2.73 bits per heavy atom. The molecular weight excluding hydrogens is 190 g/mol. The van der Waals surface area contributed by atoms with Gasteiger partial charge in [-0.3, -0.25) is 14.5 Å². The zero-order valence-corrected chi connectivity index (χ0v) is 8.91. The minimum atomic E-state index is -0.202. The van der Waals surface area contributed by atoms with Crippen LogP contribution in [0.3, 0.4) is 0 Å². The minimum absolute atomic E-state index is 0.0967. The van der Waals surface area contributed by atoms with Gasteiger partial charge in [0.15, 0.2) is 0 Å². The molecule has 1 aliphatic heterocycles. The number of benzene rings is 1. The van der Waals surface area contributed by atoms with Gasteiger partial charge in [0.1, 0.15) is 0 Å². The molecule has 0 bridgehead atoms. The van der Waals surface area contributed by atoms with Crippen molar-refractivity contribution >= 4 is 17.5 Å². The predicted octanol–water partition coefficient (Wildman–Crippen LogP) is 1.82. The van der Waals surface area contributed by atoms with Crippen LogP contribution >= 0.6 is 0 Å². The smallest absolute Gasteiger partial charge is 0.234 e. The van der Waals surface area contributed by atoms with Gasteiger partial charge in [-0.2, -0.15) is 0 Å². The molecule has 1 aromatic carbocycles. The molecule has 0 aromatic heterocycles. The van der Waals surface area contributed by atoms with E-state index in [9.17, 15) is 9.59 Å². The lowest BCUT2D eigenvalue weighted by molar-refractivity contribution is -0.125. The highest BCUT2D eigenvalue weighted by atomic mass is 16.2. The zero-order chi connectivity index (χ0) is 11.0. The van der Waals surface area contributed by atoms with Crippen LogP contribution < -0.4 is 4.90 Å². The number of nitrogens with zero attached hydrogens (tertiary/aromatic N) is 1. The van der Waals surface area contributed by atoms with Crippen molar-refractivity contribution in [3.8, 4) is 0 Å². The van der Waals surface area contributed by atoms with Crippen LogP contribution in [-0.2, 0) is 16.0 Å². The summed E-state index contributed by atoms with van der Waals surface area (Å²) in [4.78, 5) is 24.3. The second-order valence-electron chi connectivity index (χ2n) is 3.88. The standard InChI is InChI=1S/C12H13NO2/c1-8-3-4-10-5-6-12(15)13(9(2)14)11(10)7-8/h3-4,7H,5-6H2,1-2H3. The van der Waals surface area contributed by atoms with E-state index in [0.717, 1.165) is 23.2 Å². The summed E-state index contributed by atoms with van der Waals surface area (Å²) < 4.78 is 0. The number of hydrogen-bond acceptors (Lipinski definition) is 2. The molecule has 15 heavy (non-hydrogen) atoms. The number of carbonyl (C=O) groups is 2. The molecule has 0 unspecified atom stereocenters. The highest BCUT2D eigenvalue weighted by Gasteiger charge is 2.26. The molecule has 0 radical (unpaired) electrons. The first-order valence-electron chi connectivity index (χ1n) is 5.02. The summed E-state index contributed by atoms with van der Waals surface area (Å²) in [6.07, 6.45) is 1.16. The van der Waals surface area contributed by atoms with Gasteiger partial charge in [-0.25, -0.2) is 0 Å². The highest BCUT2D eigenvalue weighted by molar-refractivity contribution is 6.15. The van der Waals surface area contributed by atoms with Crippen LogP contribution in [0.2, 0.25) is 0 Å². The van der Waals surface area contributed by atoms with Gasteiger partial charge in [0.05, 0.1) is 5.69 Å². The summed E-state index contributed by atoms with van der Waals surface area (Å²) in [5.41, 5.74) is 2.91. The van der Waals surface area contributed by atoms with Crippen LogP contribution in [0.4, 0.5) is 5.69 Å². The molecule has 0 saturated carbocycles. The lowest BCUT2D eigenvalue weighted by Crippen LogP contribution is -2.38. The second-order valence-corrected chi connectivity index (χ2v) is 3.88. The molecule has 0 aliphatic carbocycles. The van der Waals surface area contributed by atoms with E-state index < -0.39 is 0 Å². The largest absolute Gasteiger partial charge is 0.274 e. The van der Waals surface area contributed by atoms with Crippen molar-refractivity contribution < 1.29 is 9.59 Å². The average Bonchev–Trinajstić information content (AvgIpc) is 2.16. The first-order valence-corrected chi connectivity index (χ1v) is 5.02. The fourth-order valence-electron chi connectivity index (χ4n) is 1.93. The number of imide groups is 1. The van der Waals surface area contributed by atoms with E-state index in [1.54, 1.807) is 0 Å². The molecule has 1 aliphatic rings. The van der Waals surface area contributed by atoms with Crippen molar-refractivity contribution in [2.24, 2.45) is 0 Å². The number of fused-ring (bicyclic) bond motifs is 1. The molecule has 0 saturated heterocycles. The highest BCUT2D eigenvalue weighted by Crippen LogP contribution is 2.28. The fraction of sp³-hybridized carbons (Fsp3) is 0.333. The Labute approximate surface area is 88.7 Å². The van der Waals surface area contributed by atoms with Gasteiger partial charge in [0.25, 0.3) is 0 Å². The van der Waals surface area contributed by atoms with Crippen LogP contribution in [0.1, 0.15) is 24.5 Å². The Morgan fingerprint density at radius 1 is 1.33 bits per heavy atom. The van der Waals surface area contributed by atoms with E-state index in [1.807, 2.05) is 25.1 Å². The quantitative estimate of drug-likeness (QED) is 0.645. The molecule has 3 heteroatoms. The number of hydrogen-bond donors (Lipinski definition) is 0. The molecule has 0 atom stereocenters. The van der Waals surface area contributed by atoms with E-state index in [4.69, 9.17) is 0 Å². The zero-order valence-electron chi connectivity index (χ0n) is 8.91. The number of amides is 2. The molecule has 0 fully saturated rings. The van der Waals surface area contributed by atoms with Crippen molar-refractivity contribution in [1.82, 2.24) is 0 Å². The van der Waals surface area contributed by atoms with Crippen molar-refractivity contribution in [3.63, 3.8) is 0 Å². The molecule has 2 amide bonds. The molecule has 3 nitrogen and oxygen atoms in total. The van der Waals surface area contributed by atoms with Crippen molar-refractivity contribution in [1.29, 1.82) is 0 Å². The van der Waals surface area contributed by atoms with Crippen molar-refractivity contribution in [3.05, 3.63) is 29.3 Å². The van der Waals surface area contributed by atoms with E-state index >= 15 is 0 Å². The summed E-state index contributed by atoms with van der Waals surface area (Å²) in [5, 5.41) is 0. The SMILES string of the molecule is CC(=O)N1C(=O)CCc2ccc(C)cc21. The lowest BCUT2D eigenvalue weighted by atomic mass is 9.99. The maximum Gasteiger partial charge on any atom is 0.234 e. The first-order chi connectivity index (χ1) is 7.09. The lowest BCUT2D eigenvalue weighted by Gasteiger charge is -2.26. The summed E-state index contributed by atoms with van der Waals surface area (Å²) in [7, 11) is 0. The van der Waals surface area contributed by atoms with Crippen LogP contribution in [-0.4, -0.2) is 11.8 Å². The first kappa shape index (κ1) is 9.90. The monoisotopic (exact) mass is 203 g/mol. The van der Waals surface area contributed by atoms with Crippen LogP contribution in [0.5, 0.6) is 0 Å². The van der Waals surface area contributed by atoms with Gasteiger partial charge >= 0.3 is 0 Å². The van der Waals surface area contributed by atoms with Gasteiger partial charge in [-0.05, 0) is 30.5 Å². The minimum Gasteiger partial charge on any atom is -0.274 e.